The predicted octanol–water partition coefficient (Wildman–Crippen LogP) is 2.50. The first-order valence-electron chi connectivity index (χ1n) is 14.5. The summed E-state index contributed by atoms with van der Waals surface area (Å²) in [7, 11) is 1.06. The van der Waals surface area contributed by atoms with Gasteiger partial charge in [0.2, 0.25) is 0 Å². The van der Waals surface area contributed by atoms with Gasteiger partial charge in [-0.25, -0.2) is 18.2 Å². The Morgan fingerprint density at radius 1 is 1.02 bits per heavy atom. The topological polar surface area (TPSA) is 110 Å². The van der Waals surface area contributed by atoms with Gasteiger partial charge in [-0.15, -0.1) is 5.06 Å². The molecule has 0 N–H and O–H groups in total. The zero-order valence-corrected chi connectivity index (χ0v) is 26.5. The predicted molar refractivity (Wildman–Crippen MR) is 165 cm³/mol. The Kier molecular flexibility index (Phi) is 8.70. The number of amides is 2. The molecule has 0 atom stereocenters. The lowest BCUT2D eigenvalue weighted by Crippen LogP contribution is -2.50. The number of fused-ring (bicyclic) bond motifs is 2. The minimum Gasteiger partial charge on any atom is -0.545 e. The van der Waals surface area contributed by atoms with Gasteiger partial charge >= 0.3 is 5.97 Å². The fourth-order valence-corrected chi connectivity index (χ4v) is 9.02. The van der Waals surface area contributed by atoms with E-state index in [-0.39, 0.29) is 42.6 Å². The van der Waals surface area contributed by atoms with E-state index in [1.165, 1.54) is 18.2 Å². The number of carboxylic acid groups (broad SMARTS) is 1. The summed E-state index contributed by atoms with van der Waals surface area (Å²) in [5.74, 6) is -3.74. The summed E-state index contributed by atoms with van der Waals surface area (Å²) < 4.78 is 28.3. The Hall–Kier alpha value is -4.71. The Morgan fingerprint density at radius 2 is 1.73 bits per heavy atom. The number of aromatic carboxylic acids is 1. The molecule has 0 unspecified atom stereocenters. The van der Waals surface area contributed by atoms with Gasteiger partial charge in [-0.2, -0.15) is 0 Å². The number of nitrogens with zero attached hydrogens (tertiary/aromatic N) is 3. The van der Waals surface area contributed by atoms with Gasteiger partial charge in [0.05, 0.1) is 11.5 Å². The van der Waals surface area contributed by atoms with Gasteiger partial charge < -0.3 is 19.6 Å². The van der Waals surface area contributed by atoms with Crippen molar-refractivity contribution in [2.45, 2.75) is 25.9 Å². The van der Waals surface area contributed by atoms with Crippen molar-refractivity contribution in [2.24, 2.45) is 0 Å². The average Bonchev–Trinajstić information content (AvgIpc) is 3.33. The molecule has 1 aliphatic carbocycles. The van der Waals surface area contributed by atoms with Gasteiger partial charge in [-0.3, -0.25) is 9.59 Å². The van der Waals surface area contributed by atoms with Crippen molar-refractivity contribution in [3.8, 4) is 0 Å². The third-order valence-corrected chi connectivity index (χ3v) is 12.1. The molecule has 234 valence electrons. The number of allylic oxidation sites excluding steroid dienone is 5. The lowest BCUT2D eigenvalue weighted by Gasteiger charge is -2.38. The summed E-state index contributed by atoms with van der Waals surface area (Å²) in [6.45, 7) is 3.63. The summed E-state index contributed by atoms with van der Waals surface area (Å²) >= 11 is 0. The fraction of sp³-hybridized carbons (Fsp3) is 0.303. The zero-order chi connectivity index (χ0) is 32.6. The molecule has 45 heavy (non-hydrogen) atoms. The van der Waals surface area contributed by atoms with Crippen LogP contribution in [0.25, 0.3) is 5.57 Å². The second-order valence-corrected chi connectivity index (χ2v) is 16.0. The molecule has 3 aliphatic rings. The van der Waals surface area contributed by atoms with Crippen LogP contribution in [0.2, 0.25) is 13.1 Å². The Morgan fingerprint density at radius 3 is 2.38 bits per heavy atom. The molecule has 0 radical (unpaired) electrons. The molecule has 0 aromatic heterocycles. The third-order valence-electron chi connectivity index (χ3n) is 8.54. The highest BCUT2D eigenvalue weighted by molar-refractivity contribution is 6.98. The second-order valence-electron chi connectivity index (χ2n) is 11.7. The van der Waals surface area contributed by atoms with E-state index >= 15 is 0 Å². The van der Waals surface area contributed by atoms with Gasteiger partial charge in [-0.1, -0.05) is 25.2 Å². The molecule has 1 fully saturated rings. The number of carbonyl (C=O) groups is 4. The van der Waals surface area contributed by atoms with E-state index in [0.29, 0.717) is 10.6 Å². The summed E-state index contributed by atoms with van der Waals surface area (Å²) in [6, 6.07) is 9.57. The van der Waals surface area contributed by atoms with Gasteiger partial charge in [0, 0.05) is 49.8 Å². The van der Waals surface area contributed by atoms with Gasteiger partial charge in [0.25, 0.3) is 11.8 Å². The SMILES string of the molecule is CN(CCF)c1ccc2c(c1)[Si](C)(C)C1=CC(=[N+](C)CCF)C=CC1=C2c1cc(C(=O)ON2C(=O)CCC2=O)ccc1C(=O)[O-]. The number of imide groups is 1. The highest BCUT2D eigenvalue weighted by Gasteiger charge is 2.41. The van der Waals surface area contributed by atoms with Crippen LogP contribution in [0.15, 0.2) is 65.4 Å². The number of alkyl halides is 2. The first-order chi connectivity index (χ1) is 21.4. The highest BCUT2D eigenvalue weighted by atomic mass is 28.3. The molecule has 5 rings (SSSR count). The second kappa shape index (κ2) is 12.4. The maximum Gasteiger partial charge on any atom is 0.363 e. The van der Waals surface area contributed by atoms with Crippen LogP contribution in [-0.2, 0) is 14.4 Å². The Balaban J connectivity index is 1.76. The number of hydrogen-bond acceptors (Lipinski definition) is 7. The van der Waals surface area contributed by atoms with E-state index < -0.39 is 45.2 Å². The Labute approximate surface area is 260 Å². The van der Waals surface area contributed by atoms with Crippen molar-refractivity contribution in [3.05, 3.63) is 87.6 Å². The summed E-state index contributed by atoms with van der Waals surface area (Å²) in [6.07, 6.45) is 5.57. The number of carboxylic acids is 1. The van der Waals surface area contributed by atoms with Crippen LogP contribution in [-0.4, -0.2) is 87.7 Å². The molecule has 1 saturated heterocycles. The van der Waals surface area contributed by atoms with Crippen molar-refractivity contribution in [1.82, 2.24) is 5.06 Å². The molecule has 9 nitrogen and oxygen atoms in total. The maximum atomic E-state index is 13.3. The normalized spacial score (nSPS) is 18.0. The third kappa shape index (κ3) is 5.77. The number of anilines is 1. The lowest BCUT2D eigenvalue weighted by molar-refractivity contribution is -0.496. The summed E-state index contributed by atoms with van der Waals surface area (Å²) in [4.78, 5) is 56.7. The van der Waals surface area contributed by atoms with Gasteiger partial charge in [-0.05, 0) is 63.0 Å². The number of hydroxylamine groups is 2. The van der Waals surface area contributed by atoms with Crippen LogP contribution in [0, 0.1) is 0 Å². The molecule has 0 spiro atoms. The first kappa shape index (κ1) is 31.7. The molecular weight excluding hydrogens is 600 g/mol. The summed E-state index contributed by atoms with van der Waals surface area (Å²) in [5, 5.41) is 14.8. The van der Waals surface area contributed by atoms with Crippen LogP contribution >= 0.6 is 0 Å². The van der Waals surface area contributed by atoms with E-state index in [4.69, 9.17) is 4.84 Å². The molecule has 12 heteroatoms. The lowest BCUT2D eigenvalue weighted by atomic mass is 9.86. The van der Waals surface area contributed by atoms with Crippen molar-refractivity contribution in [1.29, 1.82) is 0 Å². The molecule has 2 heterocycles. The molecule has 2 amide bonds. The molecule has 0 bridgehead atoms. The van der Waals surface area contributed by atoms with E-state index in [1.807, 2.05) is 36.4 Å². The highest BCUT2D eigenvalue weighted by Crippen LogP contribution is 2.43. The smallest absolute Gasteiger partial charge is 0.363 e. The van der Waals surface area contributed by atoms with Crippen molar-refractivity contribution < 1.29 is 42.5 Å². The Bertz CT molecular complexity index is 1740. The number of hydrogen-bond donors (Lipinski definition) is 0. The standard InChI is InChI=1S/C33H33F2N3O6Si/c1-36(15-13-34)21-6-9-24-27(18-21)45(3,4)28-19-22(37(2)16-14-35)7-10-25(28)31(24)26-17-20(5-8-23(26)32(41)42)33(43)44-38-29(39)11-12-30(38)40/h5-10,17-19H,11-16H2,1-4H3. The molecular formula is C33H33F2N3O6Si. The van der Waals surface area contributed by atoms with Crippen LogP contribution in [0.3, 0.4) is 0 Å². The minimum atomic E-state index is -2.52. The quantitative estimate of drug-likeness (QED) is 0.237. The monoisotopic (exact) mass is 633 g/mol. The largest absolute Gasteiger partial charge is 0.545 e. The van der Waals surface area contributed by atoms with E-state index in [1.54, 1.807) is 23.6 Å². The van der Waals surface area contributed by atoms with Crippen LogP contribution in [0.5, 0.6) is 0 Å². The maximum absolute atomic E-state index is 13.3. The van der Waals surface area contributed by atoms with Crippen LogP contribution in [0.1, 0.15) is 44.7 Å². The van der Waals surface area contributed by atoms with Crippen molar-refractivity contribution in [2.75, 3.05) is 45.4 Å². The van der Waals surface area contributed by atoms with E-state index in [2.05, 4.69) is 13.1 Å². The molecule has 2 aromatic rings. The van der Waals surface area contributed by atoms with Crippen LogP contribution < -0.4 is 15.2 Å². The fourth-order valence-electron chi connectivity index (χ4n) is 5.95. The summed E-state index contributed by atoms with van der Waals surface area (Å²) in [5.41, 5.74) is 3.55. The molecule has 2 aliphatic heterocycles. The van der Waals surface area contributed by atoms with Crippen LogP contribution in [0.4, 0.5) is 14.5 Å². The number of carbonyl (C=O) groups excluding carboxylic acids is 4. The number of halogens is 2. The molecule has 2 aromatic carbocycles. The zero-order valence-electron chi connectivity index (χ0n) is 25.5. The van der Waals surface area contributed by atoms with Gasteiger partial charge in [0.15, 0.2) is 12.3 Å². The molecule has 0 saturated carbocycles. The van der Waals surface area contributed by atoms with E-state index in [9.17, 15) is 33.1 Å². The first-order valence-corrected chi connectivity index (χ1v) is 17.5. The minimum absolute atomic E-state index is 0.0706. The van der Waals surface area contributed by atoms with Crippen molar-refractivity contribution in [3.63, 3.8) is 0 Å². The van der Waals surface area contributed by atoms with E-state index in [0.717, 1.165) is 32.9 Å². The average molecular weight is 634 g/mol. The number of rotatable bonds is 9. The number of benzene rings is 2. The van der Waals surface area contributed by atoms with Crippen molar-refractivity contribution >= 4 is 54.0 Å². The van der Waals surface area contributed by atoms with Gasteiger partial charge in [0.1, 0.15) is 28.5 Å².